The van der Waals surface area contributed by atoms with Crippen molar-refractivity contribution in [3.63, 3.8) is 0 Å². The first-order chi connectivity index (χ1) is 13.4. The van der Waals surface area contributed by atoms with Crippen LogP contribution in [0.15, 0.2) is 19.8 Å². The number of nitriles is 1. The Labute approximate surface area is 154 Å². The summed E-state index contributed by atoms with van der Waals surface area (Å²) in [5.74, 6) is 0.358. The van der Waals surface area contributed by atoms with Crippen LogP contribution >= 0.6 is 0 Å². The Morgan fingerprint density at radius 1 is 1.07 bits per heavy atom. The smallest absolute Gasteiger partial charge is 0.278 e. The van der Waals surface area contributed by atoms with Crippen LogP contribution in [0.25, 0.3) is 11.6 Å². The number of aromatic amines is 3. The Kier molecular flexibility index (Phi) is 3.70. The molecule has 0 bridgehead atoms. The van der Waals surface area contributed by atoms with Gasteiger partial charge in [0.15, 0.2) is 11.5 Å². The van der Waals surface area contributed by atoms with Gasteiger partial charge in [0, 0.05) is 0 Å². The van der Waals surface area contributed by atoms with Crippen molar-refractivity contribution < 1.29 is 0 Å². The number of aryl methyl sites for hydroxylation is 3. The number of hydrogen-bond donors (Lipinski definition) is 3. The second-order valence-corrected chi connectivity index (χ2v) is 5.81. The maximum Gasteiger partial charge on any atom is 0.352 e. The highest BCUT2D eigenvalue weighted by molar-refractivity contribution is 5.66. The molecule has 0 amide bonds. The van der Waals surface area contributed by atoms with E-state index in [9.17, 15) is 14.9 Å². The van der Waals surface area contributed by atoms with E-state index in [-0.39, 0.29) is 17.3 Å². The van der Waals surface area contributed by atoms with E-state index < -0.39 is 11.4 Å². The molecule has 0 saturated heterocycles. The van der Waals surface area contributed by atoms with Crippen LogP contribution in [0.1, 0.15) is 22.8 Å². The van der Waals surface area contributed by atoms with Gasteiger partial charge in [-0.3, -0.25) is 15.1 Å². The van der Waals surface area contributed by atoms with Crippen LogP contribution in [0.2, 0.25) is 0 Å². The van der Waals surface area contributed by atoms with Crippen molar-refractivity contribution in [1.82, 2.24) is 44.5 Å². The number of nitrogens with one attached hydrogen (secondary N) is 3. The Balaban J connectivity index is 1.90. The van der Waals surface area contributed by atoms with Gasteiger partial charge in [0.25, 0.3) is 0 Å². The van der Waals surface area contributed by atoms with E-state index >= 15 is 0 Å². The molecule has 4 aromatic heterocycles. The topological polar surface area (TPSA) is 191 Å². The fourth-order valence-corrected chi connectivity index (χ4v) is 2.61. The quantitative estimate of drug-likeness (QED) is 0.423. The van der Waals surface area contributed by atoms with E-state index in [4.69, 9.17) is 0 Å². The largest absolute Gasteiger partial charge is 0.352 e. The molecular weight excluding hydrogens is 368 g/mol. The fraction of sp³-hybridized carbons (Fsp3) is 0.214. The number of rotatable bonds is 3. The minimum absolute atomic E-state index is 0.00346. The van der Waals surface area contributed by atoms with Crippen LogP contribution in [-0.4, -0.2) is 44.5 Å². The molecule has 0 radical (unpaired) electrons. The van der Waals surface area contributed by atoms with E-state index in [0.29, 0.717) is 28.5 Å². The highest BCUT2D eigenvalue weighted by Gasteiger charge is 2.19. The van der Waals surface area contributed by atoms with Gasteiger partial charge in [0.2, 0.25) is 11.6 Å². The lowest BCUT2D eigenvalue weighted by molar-refractivity contribution is 0.758. The number of nitrogens with zero attached hydrogens (tertiary/aromatic N) is 9. The standard InChI is InChI=1S/C14H12N12O2/c1-5-8(4-15)10(25(22-5)12-17-13(27)19-14(28)18-12)21-20-9-6(2)23-26-11(9)16-7(3)24-26/h23H,1-3H3,(H2,17,18,19,27,28). The van der Waals surface area contributed by atoms with Crippen LogP contribution in [0, 0.1) is 32.1 Å². The average molecular weight is 380 g/mol. The van der Waals surface area contributed by atoms with Crippen LogP contribution in [0.4, 0.5) is 11.5 Å². The van der Waals surface area contributed by atoms with Crippen LogP contribution < -0.4 is 11.4 Å². The third-order valence-electron chi connectivity index (χ3n) is 3.80. The summed E-state index contributed by atoms with van der Waals surface area (Å²) in [6.45, 7) is 5.09. The lowest BCUT2D eigenvalue weighted by atomic mass is 10.3. The predicted octanol–water partition coefficient (Wildman–Crippen LogP) is 0.227. The molecule has 3 N–H and O–H groups in total. The molecule has 0 aliphatic heterocycles. The Morgan fingerprint density at radius 2 is 1.86 bits per heavy atom. The zero-order valence-electron chi connectivity index (χ0n) is 14.8. The second kappa shape index (κ2) is 6.09. The summed E-state index contributed by atoms with van der Waals surface area (Å²) in [6.07, 6.45) is 0. The van der Waals surface area contributed by atoms with Gasteiger partial charge in [-0.1, -0.05) is 0 Å². The molecule has 0 fully saturated rings. The minimum atomic E-state index is -0.865. The van der Waals surface area contributed by atoms with Gasteiger partial charge >= 0.3 is 11.4 Å². The maximum atomic E-state index is 11.6. The predicted molar refractivity (Wildman–Crippen MR) is 93.0 cm³/mol. The molecule has 14 nitrogen and oxygen atoms in total. The maximum absolute atomic E-state index is 11.6. The summed E-state index contributed by atoms with van der Waals surface area (Å²) >= 11 is 0. The number of azo groups is 1. The van der Waals surface area contributed by atoms with Gasteiger partial charge in [0.1, 0.15) is 17.5 Å². The zero-order chi connectivity index (χ0) is 20.0. The van der Waals surface area contributed by atoms with Crippen molar-refractivity contribution in [2.75, 3.05) is 0 Å². The zero-order valence-corrected chi connectivity index (χ0v) is 14.8. The summed E-state index contributed by atoms with van der Waals surface area (Å²) in [4.78, 5) is 35.3. The van der Waals surface area contributed by atoms with Crippen molar-refractivity contribution in [3.05, 3.63) is 43.7 Å². The van der Waals surface area contributed by atoms with Crippen molar-refractivity contribution in [1.29, 1.82) is 5.26 Å². The average Bonchev–Trinajstić information content (AvgIpc) is 3.22. The summed E-state index contributed by atoms with van der Waals surface area (Å²) in [7, 11) is 0. The molecule has 4 rings (SSSR count). The minimum Gasteiger partial charge on any atom is -0.278 e. The molecule has 0 aliphatic rings. The van der Waals surface area contributed by atoms with Gasteiger partial charge in [-0.2, -0.15) is 24.7 Å². The van der Waals surface area contributed by atoms with Crippen molar-refractivity contribution in [2.45, 2.75) is 20.8 Å². The van der Waals surface area contributed by atoms with Gasteiger partial charge in [-0.25, -0.2) is 14.6 Å². The Bertz CT molecular complexity index is 1370. The number of hydrogen-bond acceptors (Lipinski definition) is 9. The van der Waals surface area contributed by atoms with E-state index in [0.717, 1.165) is 4.68 Å². The molecule has 4 aromatic rings. The molecule has 0 atom stereocenters. The van der Waals surface area contributed by atoms with E-state index in [1.165, 1.54) is 4.63 Å². The summed E-state index contributed by atoms with van der Waals surface area (Å²) < 4.78 is 2.53. The lowest BCUT2D eigenvalue weighted by Gasteiger charge is -2.00. The van der Waals surface area contributed by atoms with Crippen LogP contribution in [0.5, 0.6) is 0 Å². The SMILES string of the molecule is Cc1nc2c(N=Nc3c(C#N)c(C)nn3-c3nc(=O)[nH]c(=O)[nH]3)c(C)[nH]n2n1. The van der Waals surface area contributed by atoms with Gasteiger partial charge in [-0.15, -0.1) is 15.3 Å². The highest BCUT2D eigenvalue weighted by atomic mass is 16.2. The van der Waals surface area contributed by atoms with Gasteiger partial charge in [-0.05, 0) is 20.8 Å². The van der Waals surface area contributed by atoms with Crippen molar-refractivity contribution in [2.24, 2.45) is 10.2 Å². The molecule has 0 spiro atoms. The van der Waals surface area contributed by atoms with Crippen molar-refractivity contribution in [3.8, 4) is 12.0 Å². The van der Waals surface area contributed by atoms with Crippen LogP contribution in [-0.2, 0) is 0 Å². The van der Waals surface area contributed by atoms with Gasteiger partial charge < -0.3 is 0 Å². The first kappa shape index (κ1) is 17.0. The molecule has 140 valence electrons. The second-order valence-electron chi connectivity index (χ2n) is 5.81. The highest BCUT2D eigenvalue weighted by Crippen LogP contribution is 2.29. The van der Waals surface area contributed by atoms with Crippen LogP contribution in [0.3, 0.4) is 0 Å². The van der Waals surface area contributed by atoms with E-state index in [1.54, 1.807) is 20.8 Å². The normalized spacial score (nSPS) is 11.5. The molecule has 0 unspecified atom stereocenters. The molecule has 0 aromatic carbocycles. The molecule has 0 aliphatic carbocycles. The molecular formula is C14H12N12O2. The van der Waals surface area contributed by atoms with Gasteiger partial charge in [0.05, 0.1) is 11.4 Å². The number of aromatic nitrogens is 9. The molecule has 28 heavy (non-hydrogen) atoms. The Hall–Kier alpha value is -4.41. The lowest BCUT2D eigenvalue weighted by Crippen LogP contribution is -2.27. The first-order valence-corrected chi connectivity index (χ1v) is 7.92. The summed E-state index contributed by atoms with van der Waals surface area (Å²) in [6, 6.07) is 1.99. The third kappa shape index (κ3) is 2.67. The monoisotopic (exact) mass is 380 g/mol. The Morgan fingerprint density at radius 3 is 2.57 bits per heavy atom. The molecule has 0 saturated carbocycles. The molecule has 4 heterocycles. The fourth-order valence-electron chi connectivity index (χ4n) is 2.61. The number of fused-ring (bicyclic) bond motifs is 1. The van der Waals surface area contributed by atoms with E-state index in [2.05, 4.69) is 40.5 Å². The van der Waals surface area contributed by atoms with Crippen molar-refractivity contribution >= 4 is 17.2 Å². The summed E-state index contributed by atoms with van der Waals surface area (Å²) in [5.41, 5.74) is 0.344. The molecule has 14 heteroatoms. The third-order valence-corrected chi connectivity index (χ3v) is 3.80. The summed E-state index contributed by atoms with van der Waals surface area (Å²) in [5, 5.41) is 29.0. The van der Waals surface area contributed by atoms with E-state index in [1.807, 2.05) is 11.1 Å². The number of H-pyrrole nitrogens is 3. The first-order valence-electron chi connectivity index (χ1n) is 7.92.